The van der Waals surface area contributed by atoms with Crippen molar-refractivity contribution in [3.8, 4) is 0 Å². The van der Waals surface area contributed by atoms with Crippen molar-refractivity contribution < 1.29 is 17.6 Å². The standard InChI is InChI=1S/C19H24FN3O3S/c1-4-21-14(3)12-22-19(24)18-11-17(10-5-13(18)2)27(25,26)23-16-8-6-15(20)7-9-16/h5-11,14,21,23H,4,12H2,1-3H3,(H,22,24)/t14-/m1/s1. The van der Waals surface area contributed by atoms with Crippen molar-refractivity contribution in [2.24, 2.45) is 0 Å². The third-order valence-corrected chi connectivity index (χ3v) is 5.36. The van der Waals surface area contributed by atoms with Crippen molar-refractivity contribution in [1.29, 1.82) is 0 Å². The van der Waals surface area contributed by atoms with Gasteiger partial charge in [-0.25, -0.2) is 12.8 Å². The van der Waals surface area contributed by atoms with Crippen molar-refractivity contribution in [3.63, 3.8) is 0 Å². The molecule has 1 atom stereocenters. The van der Waals surface area contributed by atoms with Crippen LogP contribution in [0.2, 0.25) is 0 Å². The Balaban J connectivity index is 2.19. The van der Waals surface area contributed by atoms with Crippen LogP contribution in [0.5, 0.6) is 0 Å². The lowest BCUT2D eigenvalue weighted by atomic mass is 10.1. The highest BCUT2D eigenvalue weighted by atomic mass is 32.2. The predicted molar refractivity (Wildman–Crippen MR) is 104 cm³/mol. The monoisotopic (exact) mass is 393 g/mol. The van der Waals surface area contributed by atoms with Gasteiger partial charge in [0, 0.05) is 23.8 Å². The van der Waals surface area contributed by atoms with Crippen molar-refractivity contribution in [3.05, 3.63) is 59.4 Å². The van der Waals surface area contributed by atoms with Gasteiger partial charge in [0.05, 0.1) is 4.90 Å². The fourth-order valence-corrected chi connectivity index (χ4v) is 3.59. The maximum atomic E-state index is 13.0. The van der Waals surface area contributed by atoms with Gasteiger partial charge in [-0.3, -0.25) is 9.52 Å². The maximum Gasteiger partial charge on any atom is 0.261 e. The molecule has 2 rings (SSSR count). The Kier molecular flexibility index (Phi) is 6.92. The van der Waals surface area contributed by atoms with Crippen LogP contribution >= 0.6 is 0 Å². The lowest BCUT2D eigenvalue weighted by molar-refractivity contribution is 0.0949. The first-order chi connectivity index (χ1) is 12.7. The third-order valence-electron chi connectivity index (χ3n) is 3.98. The van der Waals surface area contributed by atoms with E-state index in [1.807, 2.05) is 13.8 Å². The summed E-state index contributed by atoms with van der Waals surface area (Å²) in [5.41, 5.74) is 1.20. The Morgan fingerprint density at radius 1 is 1.15 bits per heavy atom. The first kappa shape index (κ1) is 20.9. The fourth-order valence-electron chi connectivity index (χ4n) is 2.51. The molecule has 0 aliphatic rings. The zero-order valence-electron chi connectivity index (χ0n) is 15.5. The number of anilines is 1. The van der Waals surface area contributed by atoms with Crippen LogP contribution in [0.4, 0.5) is 10.1 Å². The lowest BCUT2D eigenvalue weighted by Gasteiger charge is -2.15. The molecule has 0 spiro atoms. The Bertz CT molecular complexity index is 899. The van der Waals surface area contributed by atoms with Crippen LogP contribution < -0.4 is 15.4 Å². The summed E-state index contributed by atoms with van der Waals surface area (Å²) in [6.45, 7) is 6.89. The highest BCUT2D eigenvalue weighted by Gasteiger charge is 2.18. The van der Waals surface area contributed by atoms with Gasteiger partial charge in [0.2, 0.25) is 0 Å². The van der Waals surface area contributed by atoms with Crippen molar-refractivity contribution in [2.45, 2.75) is 31.7 Å². The zero-order valence-corrected chi connectivity index (χ0v) is 16.4. The van der Waals surface area contributed by atoms with Gasteiger partial charge in [-0.1, -0.05) is 13.0 Å². The molecule has 0 saturated heterocycles. The van der Waals surface area contributed by atoms with Crippen molar-refractivity contribution in [2.75, 3.05) is 17.8 Å². The second-order valence-electron chi connectivity index (χ2n) is 6.26. The highest BCUT2D eigenvalue weighted by Crippen LogP contribution is 2.19. The number of carbonyl (C=O) groups is 1. The number of amides is 1. The number of hydrogen-bond donors (Lipinski definition) is 3. The summed E-state index contributed by atoms with van der Waals surface area (Å²) < 4.78 is 40.5. The van der Waals surface area contributed by atoms with Crippen LogP contribution in [-0.4, -0.2) is 33.5 Å². The number of benzene rings is 2. The van der Waals surface area contributed by atoms with Gasteiger partial charge in [-0.15, -0.1) is 0 Å². The van der Waals surface area contributed by atoms with E-state index in [4.69, 9.17) is 0 Å². The molecule has 0 radical (unpaired) electrons. The summed E-state index contributed by atoms with van der Waals surface area (Å²) in [6, 6.07) is 9.45. The second kappa shape index (κ2) is 8.96. The molecular weight excluding hydrogens is 369 g/mol. The summed E-state index contributed by atoms with van der Waals surface area (Å²) in [7, 11) is -3.90. The lowest BCUT2D eigenvalue weighted by Crippen LogP contribution is -2.39. The minimum atomic E-state index is -3.90. The summed E-state index contributed by atoms with van der Waals surface area (Å²) >= 11 is 0. The van der Waals surface area contributed by atoms with Crippen LogP contribution in [0.3, 0.4) is 0 Å². The molecule has 0 unspecified atom stereocenters. The zero-order chi connectivity index (χ0) is 20.0. The number of aryl methyl sites for hydroxylation is 1. The molecule has 0 saturated carbocycles. The van der Waals surface area contributed by atoms with Crippen molar-refractivity contribution in [1.82, 2.24) is 10.6 Å². The third kappa shape index (κ3) is 5.77. The van der Waals surface area contributed by atoms with Crippen LogP contribution in [0.1, 0.15) is 29.8 Å². The summed E-state index contributed by atoms with van der Waals surface area (Å²) in [6.07, 6.45) is 0. The molecule has 146 valence electrons. The average Bonchev–Trinajstić information content (AvgIpc) is 2.62. The van der Waals surface area contributed by atoms with E-state index in [0.29, 0.717) is 17.7 Å². The van der Waals surface area contributed by atoms with Gasteiger partial charge in [0.1, 0.15) is 5.82 Å². The van der Waals surface area contributed by atoms with Gasteiger partial charge in [-0.05, 0) is 62.4 Å². The molecule has 27 heavy (non-hydrogen) atoms. The summed E-state index contributed by atoms with van der Waals surface area (Å²) in [5, 5.41) is 5.99. The SMILES string of the molecule is CCN[C@H](C)CNC(=O)c1cc(S(=O)(=O)Nc2ccc(F)cc2)ccc1C. The number of halogens is 1. The number of nitrogens with one attached hydrogen (secondary N) is 3. The van der Waals surface area contributed by atoms with Crippen LogP contribution in [-0.2, 0) is 10.0 Å². The Hall–Kier alpha value is -2.45. The number of rotatable bonds is 8. The van der Waals surface area contributed by atoms with E-state index in [1.54, 1.807) is 13.0 Å². The summed E-state index contributed by atoms with van der Waals surface area (Å²) in [4.78, 5) is 12.4. The normalized spacial score (nSPS) is 12.4. The van der Waals surface area contributed by atoms with Gasteiger partial charge in [0.25, 0.3) is 15.9 Å². The predicted octanol–water partition coefficient (Wildman–Crippen LogP) is 2.66. The number of carbonyl (C=O) groups excluding carboxylic acids is 1. The minimum absolute atomic E-state index is 0.0395. The van der Waals surface area contributed by atoms with Crippen molar-refractivity contribution >= 4 is 21.6 Å². The molecular formula is C19H24FN3O3S. The molecule has 8 heteroatoms. The minimum Gasteiger partial charge on any atom is -0.350 e. The Labute approximate surface area is 159 Å². The molecule has 2 aromatic rings. The van der Waals surface area contributed by atoms with E-state index in [0.717, 1.165) is 18.7 Å². The van der Waals surface area contributed by atoms with E-state index in [2.05, 4.69) is 15.4 Å². The molecule has 6 nitrogen and oxygen atoms in total. The van der Waals surface area contributed by atoms with E-state index < -0.39 is 15.8 Å². The highest BCUT2D eigenvalue weighted by molar-refractivity contribution is 7.92. The average molecular weight is 393 g/mol. The number of sulfonamides is 1. The Morgan fingerprint density at radius 3 is 2.44 bits per heavy atom. The smallest absolute Gasteiger partial charge is 0.261 e. The van der Waals surface area contributed by atoms with Gasteiger partial charge < -0.3 is 10.6 Å². The van der Waals surface area contributed by atoms with Gasteiger partial charge >= 0.3 is 0 Å². The first-order valence-corrected chi connectivity index (χ1v) is 10.1. The molecule has 0 fully saturated rings. The molecule has 0 aliphatic heterocycles. The molecule has 3 N–H and O–H groups in total. The molecule has 0 bridgehead atoms. The quantitative estimate of drug-likeness (QED) is 0.643. The second-order valence-corrected chi connectivity index (χ2v) is 7.94. The van der Waals surface area contributed by atoms with Gasteiger partial charge in [0.15, 0.2) is 0 Å². The molecule has 0 aromatic heterocycles. The van der Waals surface area contributed by atoms with E-state index in [1.165, 1.54) is 24.3 Å². The fraction of sp³-hybridized carbons (Fsp3) is 0.316. The number of hydrogen-bond acceptors (Lipinski definition) is 4. The van der Waals surface area contributed by atoms with E-state index >= 15 is 0 Å². The van der Waals surface area contributed by atoms with E-state index in [9.17, 15) is 17.6 Å². The maximum absolute atomic E-state index is 13.0. The molecule has 0 heterocycles. The Morgan fingerprint density at radius 2 is 1.81 bits per heavy atom. The summed E-state index contributed by atoms with van der Waals surface area (Å²) in [5.74, 6) is -0.796. The first-order valence-electron chi connectivity index (χ1n) is 8.63. The molecule has 2 aromatic carbocycles. The molecule has 1 amide bonds. The topological polar surface area (TPSA) is 87.3 Å². The van der Waals surface area contributed by atoms with Gasteiger partial charge in [-0.2, -0.15) is 0 Å². The van der Waals surface area contributed by atoms with Crippen LogP contribution in [0.15, 0.2) is 47.4 Å². The number of likely N-dealkylation sites (N-methyl/N-ethyl adjacent to an activating group) is 1. The van der Waals surface area contributed by atoms with Crippen LogP contribution in [0, 0.1) is 12.7 Å². The largest absolute Gasteiger partial charge is 0.350 e. The van der Waals surface area contributed by atoms with E-state index in [-0.39, 0.29) is 22.5 Å². The molecule has 0 aliphatic carbocycles. The van der Waals surface area contributed by atoms with Crippen LogP contribution in [0.25, 0.3) is 0 Å².